The number of halogens is 1. The van der Waals surface area contributed by atoms with Gasteiger partial charge >= 0.3 is 0 Å². The third-order valence-electron chi connectivity index (χ3n) is 5.45. The fraction of sp³-hybridized carbons (Fsp3) is 0.333. The fourth-order valence-electron chi connectivity index (χ4n) is 3.62. The number of piperidine rings is 1. The van der Waals surface area contributed by atoms with Crippen LogP contribution in [0.3, 0.4) is 0 Å². The molecular formula is C21H22ClN3O3S3. The molecule has 1 amide bonds. The molecule has 1 N–H and O–H groups in total. The number of carbonyl (C=O) groups excluding carboxylic acids is 1. The molecule has 4 rings (SSSR count). The molecule has 1 aliphatic rings. The van der Waals surface area contributed by atoms with Crippen molar-refractivity contribution in [3.63, 3.8) is 0 Å². The van der Waals surface area contributed by atoms with Crippen LogP contribution in [0.1, 0.15) is 18.4 Å². The van der Waals surface area contributed by atoms with Crippen LogP contribution in [-0.2, 0) is 14.8 Å². The van der Waals surface area contributed by atoms with Gasteiger partial charge in [-0.2, -0.15) is 4.31 Å². The van der Waals surface area contributed by atoms with Crippen LogP contribution in [0.5, 0.6) is 0 Å². The van der Waals surface area contributed by atoms with Crippen LogP contribution in [0.15, 0.2) is 46.2 Å². The fourth-order valence-corrected chi connectivity index (χ4v) is 6.72. The topological polar surface area (TPSA) is 79.4 Å². The first kappa shape index (κ1) is 22.5. The van der Waals surface area contributed by atoms with Crippen molar-refractivity contribution in [3.05, 3.63) is 47.0 Å². The van der Waals surface area contributed by atoms with E-state index in [1.165, 1.54) is 15.6 Å². The maximum absolute atomic E-state index is 12.9. The van der Waals surface area contributed by atoms with Crippen molar-refractivity contribution < 1.29 is 13.2 Å². The lowest BCUT2D eigenvalue weighted by Crippen LogP contribution is -2.41. The molecule has 3 aromatic rings. The van der Waals surface area contributed by atoms with Crippen molar-refractivity contribution in [2.24, 2.45) is 5.92 Å². The number of aryl methyl sites for hydroxylation is 1. The van der Waals surface area contributed by atoms with Gasteiger partial charge in [-0.15, -0.1) is 11.8 Å². The molecule has 2 heterocycles. The Labute approximate surface area is 195 Å². The third-order valence-corrected chi connectivity index (χ3v) is 9.54. The van der Waals surface area contributed by atoms with E-state index in [1.54, 1.807) is 23.9 Å². The molecule has 0 saturated carbocycles. The Morgan fingerprint density at radius 3 is 2.48 bits per heavy atom. The highest BCUT2D eigenvalue weighted by Gasteiger charge is 2.32. The summed E-state index contributed by atoms with van der Waals surface area (Å²) in [5, 5.41) is 4.02. The van der Waals surface area contributed by atoms with Crippen LogP contribution in [0.25, 0.3) is 10.2 Å². The number of thiazole rings is 1. The number of aromatic nitrogens is 1. The summed E-state index contributed by atoms with van der Waals surface area (Å²) < 4.78 is 28.1. The second-order valence-electron chi connectivity index (χ2n) is 7.40. The highest BCUT2D eigenvalue weighted by Crippen LogP contribution is 2.34. The van der Waals surface area contributed by atoms with E-state index in [9.17, 15) is 13.2 Å². The number of hydrogen-bond donors (Lipinski definition) is 1. The number of anilines is 1. The van der Waals surface area contributed by atoms with E-state index < -0.39 is 10.0 Å². The zero-order chi connectivity index (χ0) is 22.2. The Morgan fingerprint density at radius 1 is 1.19 bits per heavy atom. The summed E-state index contributed by atoms with van der Waals surface area (Å²) in [5.41, 5.74) is 1.79. The number of fused-ring (bicyclic) bond motifs is 1. The summed E-state index contributed by atoms with van der Waals surface area (Å²) in [4.78, 5) is 18.6. The van der Waals surface area contributed by atoms with Crippen LogP contribution in [0.2, 0.25) is 5.02 Å². The van der Waals surface area contributed by atoms with E-state index in [0.717, 1.165) is 20.7 Å². The summed E-state index contributed by atoms with van der Waals surface area (Å²) in [6.07, 6.45) is 2.89. The number of sulfonamides is 1. The van der Waals surface area contributed by atoms with Gasteiger partial charge in [-0.3, -0.25) is 4.79 Å². The average molecular weight is 496 g/mol. The van der Waals surface area contributed by atoms with Crippen LogP contribution in [0, 0.1) is 12.8 Å². The van der Waals surface area contributed by atoms with Crippen molar-refractivity contribution in [2.45, 2.75) is 29.6 Å². The zero-order valence-electron chi connectivity index (χ0n) is 17.1. The molecule has 0 spiro atoms. The summed E-state index contributed by atoms with van der Waals surface area (Å²) in [5.74, 6) is -0.386. The lowest BCUT2D eigenvalue weighted by atomic mass is 9.97. The van der Waals surface area contributed by atoms with Crippen LogP contribution in [-0.4, -0.2) is 43.0 Å². The Kier molecular flexibility index (Phi) is 6.60. The molecule has 0 atom stereocenters. The Bertz CT molecular complexity index is 1180. The third kappa shape index (κ3) is 4.61. The van der Waals surface area contributed by atoms with Gasteiger partial charge in [0.25, 0.3) is 0 Å². The van der Waals surface area contributed by atoms with Crippen LogP contribution < -0.4 is 5.32 Å². The predicted octanol–water partition coefficient (Wildman–Crippen LogP) is 5.02. The molecule has 0 aliphatic carbocycles. The molecule has 1 fully saturated rings. The second-order valence-corrected chi connectivity index (χ2v) is 11.6. The van der Waals surface area contributed by atoms with Crippen LogP contribution >= 0.6 is 34.7 Å². The van der Waals surface area contributed by atoms with Gasteiger partial charge in [0, 0.05) is 23.9 Å². The number of amides is 1. The predicted molar refractivity (Wildman–Crippen MR) is 128 cm³/mol. The van der Waals surface area contributed by atoms with Crippen molar-refractivity contribution in [1.29, 1.82) is 0 Å². The van der Waals surface area contributed by atoms with Crippen molar-refractivity contribution in [2.75, 3.05) is 24.7 Å². The Balaban J connectivity index is 1.41. The molecule has 6 nitrogen and oxygen atoms in total. The maximum atomic E-state index is 12.9. The molecular weight excluding hydrogens is 474 g/mol. The number of rotatable bonds is 5. The van der Waals surface area contributed by atoms with Gasteiger partial charge in [-0.05, 0) is 61.9 Å². The van der Waals surface area contributed by atoms with Gasteiger partial charge in [0.05, 0.1) is 20.1 Å². The number of hydrogen-bond acceptors (Lipinski definition) is 6. The lowest BCUT2D eigenvalue weighted by Gasteiger charge is -2.30. The molecule has 0 radical (unpaired) electrons. The van der Waals surface area contributed by atoms with E-state index in [-0.39, 0.29) is 16.7 Å². The van der Waals surface area contributed by atoms with Gasteiger partial charge < -0.3 is 5.32 Å². The molecule has 164 valence electrons. The number of nitrogens with one attached hydrogen (secondary N) is 1. The minimum atomic E-state index is -3.55. The first-order valence-corrected chi connectivity index (χ1v) is 13.7. The van der Waals surface area contributed by atoms with E-state index in [2.05, 4.69) is 10.3 Å². The first-order chi connectivity index (χ1) is 14.8. The van der Waals surface area contributed by atoms with E-state index in [1.807, 2.05) is 37.4 Å². The number of benzene rings is 2. The highest BCUT2D eigenvalue weighted by atomic mass is 35.5. The maximum Gasteiger partial charge on any atom is 0.243 e. The summed E-state index contributed by atoms with van der Waals surface area (Å²) in [7, 11) is -3.55. The molecule has 1 aliphatic heterocycles. The van der Waals surface area contributed by atoms with Gasteiger partial charge in [0.1, 0.15) is 0 Å². The first-order valence-electron chi connectivity index (χ1n) is 9.80. The normalized spacial score (nSPS) is 16.0. The molecule has 31 heavy (non-hydrogen) atoms. The largest absolute Gasteiger partial charge is 0.302 e. The second kappa shape index (κ2) is 9.07. The van der Waals surface area contributed by atoms with E-state index in [4.69, 9.17) is 11.6 Å². The minimum Gasteiger partial charge on any atom is -0.302 e. The molecule has 10 heteroatoms. The van der Waals surface area contributed by atoms with Crippen molar-refractivity contribution >= 4 is 66.0 Å². The standard InChI is InChI=1S/C21H22ClN3O3S3/c1-13-3-8-17(22)19-18(13)23-21(30-19)24-20(26)14-9-11-25(12-10-14)31(27,28)16-6-4-15(29-2)5-7-16/h3-8,14H,9-12H2,1-2H3,(H,23,24,26). The monoisotopic (exact) mass is 495 g/mol. The van der Waals surface area contributed by atoms with Crippen LogP contribution in [0.4, 0.5) is 5.13 Å². The number of nitrogens with zero attached hydrogens (tertiary/aromatic N) is 2. The number of thioether (sulfide) groups is 1. The summed E-state index contributed by atoms with van der Waals surface area (Å²) in [6.45, 7) is 2.58. The Morgan fingerprint density at radius 2 is 1.87 bits per heavy atom. The van der Waals surface area contributed by atoms with E-state index in [0.29, 0.717) is 36.1 Å². The molecule has 0 unspecified atom stereocenters. The molecule has 2 aromatic carbocycles. The van der Waals surface area contributed by atoms with Gasteiger partial charge in [-0.1, -0.05) is 29.0 Å². The van der Waals surface area contributed by atoms with E-state index >= 15 is 0 Å². The quantitative estimate of drug-likeness (QED) is 0.503. The molecule has 1 aromatic heterocycles. The van der Waals surface area contributed by atoms with Crippen molar-refractivity contribution in [1.82, 2.24) is 9.29 Å². The van der Waals surface area contributed by atoms with Gasteiger partial charge in [0.15, 0.2) is 5.13 Å². The summed E-state index contributed by atoms with van der Waals surface area (Å²) in [6, 6.07) is 10.6. The highest BCUT2D eigenvalue weighted by molar-refractivity contribution is 7.98. The Hall–Kier alpha value is -1.65. The van der Waals surface area contributed by atoms with Gasteiger partial charge in [0.2, 0.25) is 15.9 Å². The summed E-state index contributed by atoms with van der Waals surface area (Å²) >= 11 is 9.17. The number of carbonyl (C=O) groups is 1. The van der Waals surface area contributed by atoms with Crippen molar-refractivity contribution in [3.8, 4) is 0 Å². The van der Waals surface area contributed by atoms with Gasteiger partial charge in [-0.25, -0.2) is 13.4 Å². The average Bonchev–Trinajstić information content (AvgIpc) is 3.21. The molecule has 1 saturated heterocycles. The molecule has 0 bridgehead atoms. The zero-order valence-corrected chi connectivity index (χ0v) is 20.3. The SMILES string of the molecule is CSc1ccc(S(=O)(=O)N2CCC(C(=O)Nc3nc4c(C)ccc(Cl)c4s3)CC2)cc1. The lowest BCUT2D eigenvalue weighted by molar-refractivity contribution is -0.120. The minimum absolute atomic E-state index is 0.130. The smallest absolute Gasteiger partial charge is 0.243 e.